The van der Waals surface area contributed by atoms with E-state index in [0.29, 0.717) is 19.7 Å². The van der Waals surface area contributed by atoms with Crippen LogP contribution in [-0.4, -0.2) is 56.9 Å². The van der Waals surface area contributed by atoms with Gasteiger partial charge in [0.15, 0.2) is 0 Å². The first-order valence-electron chi connectivity index (χ1n) is 7.10. The average Bonchev–Trinajstić information content (AvgIpc) is 2.92. The summed E-state index contributed by atoms with van der Waals surface area (Å²) in [6, 6.07) is 7.92. The number of hydrogen-bond donors (Lipinski definition) is 0. The van der Waals surface area contributed by atoms with Crippen molar-refractivity contribution in [2.75, 3.05) is 40.5 Å². The Kier molecular flexibility index (Phi) is 5.20. The number of carbonyl (C=O) groups excluding carboxylic acids is 1. The molecule has 1 aromatic carbocycles. The van der Waals surface area contributed by atoms with Gasteiger partial charge in [0.1, 0.15) is 24.6 Å². The second kappa shape index (κ2) is 6.91. The highest BCUT2D eigenvalue weighted by molar-refractivity contribution is 5.77. The Morgan fingerprint density at radius 1 is 1.29 bits per heavy atom. The summed E-state index contributed by atoms with van der Waals surface area (Å²) in [4.78, 5) is 13.6. The first kappa shape index (κ1) is 15.8. The molecule has 0 unspecified atom stereocenters. The van der Waals surface area contributed by atoms with Crippen molar-refractivity contribution in [3.05, 3.63) is 29.8 Å². The van der Waals surface area contributed by atoms with E-state index in [-0.39, 0.29) is 12.5 Å². The zero-order valence-electron chi connectivity index (χ0n) is 12.9. The van der Waals surface area contributed by atoms with Crippen LogP contribution in [0.3, 0.4) is 0 Å². The fourth-order valence-corrected chi connectivity index (χ4v) is 2.47. The van der Waals surface area contributed by atoms with Gasteiger partial charge in [-0.3, -0.25) is 4.79 Å². The van der Waals surface area contributed by atoms with E-state index in [0.717, 1.165) is 12.2 Å². The quantitative estimate of drug-likeness (QED) is 0.800. The molecule has 0 aromatic heterocycles. The first-order valence-corrected chi connectivity index (χ1v) is 7.10. The van der Waals surface area contributed by atoms with Crippen LogP contribution in [0.25, 0.3) is 0 Å². The summed E-state index contributed by atoms with van der Waals surface area (Å²) in [5, 5.41) is 0. The number of nitrogens with zero attached hydrogens (tertiary/aromatic N) is 1. The maximum Gasteiger partial charge on any atom is 0.248 e. The van der Waals surface area contributed by atoms with Crippen LogP contribution in [-0.2, 0) is 14.3 Å². The Bertz CT molecular complexity index is 474. The smallest absolute Gasteiger partial charge is 0.248 e. The number of benzene rings is 1. The van der Waals surface area contributed by atoms with Crippen molar-refractivity contribution < 1.29 is 19.0 Å². The van der Waals surface area contributed by atoms with Gasteiger partial charge >= 0.3 is 0 Å². The Morgan fingerprint density at radius 3 is 2.62 bits per heavy atom. The summed E-state index contributed by atoms with van der Waals surface area (Å²) in [5.41, 5.74) is 0.759. The van der Waals surface area contributed by atoms with Crippen LogP contribution in [0.15, 0.2) is 24.3 Å². The average molecular weight is 293 g/mol. The lowest BCUT2D eigenvalue weighted by Gasteiger charge is -2.27. The van der Waals surface area contributed by atoms with E-state index in [1.54, 1.807) is 12.0 Å². The molecule has 1 saturated heterocycles. The van der Waals surface area contributed by atoms with E-state index >= 15 is 0 Å². The number of carbonyl (C=O) groups is 1. The molecule has 2 rings (SSSR count). The fourth-order valence-electron chi connectivity index (χ4n) is 2.47. The maximum absolute atomic E-state index is 11.9. The van der Waals surface area contributed by atoms with Crippen molar-refractivity contribution in [1.29, 1.82) is 0 Å². The molecule has 1 aliphatic heterocycles. The molecule has 0 aliphatic carbocycles. The van der Waals surface area contributed by atoms with Gasteiger partial charge in [-0.15, -0.1) is 0 Å². The highest BCUT2D eigenvalue weighted by Gasteiger charge is 2.41. The van der Waals surface area contributed by atoms with Gasteiger partial charge in [0.05, 0.1) is 6.54 Å². The number of ether oxygens (including phenoxy) is 3. The van der Waals surface area contributed by atoms with Gasteiger partial charge in [-0.1, -0.05) is 17.7 Å². The summed E-state index contributed by atoms with van der Waals surface area (Å²) in [6.45, 7) is 3.80. The number of aryl methyl sites for hydroxylation is 1. The second-order valence-electron chi connectivity index (χ2n) is 5.49. The Balaban J connectivity index is 1.93. The van der Waals surface area contributed by atoms with Gasteiger partial charge < -0.3 is 19.1 Å². The topological polar surface area (TPSA) is 48.0 Å². The monoisotopic (exact) mass is 293 g/mol. The third-order valence-electron chi connectivity index (χ3n) is 3.89. The minimum atomic E-state index is -0.436. The van der Waals surface area contributed by atoms with E-state index in [1.807, 2.05) is 31.2 Å². The SMILES string of the molecule is COCC(=O)N1CC[C@@](COc2ccc(C)cc2)(OC)C1. The molecule has 1 aromatic rings. The molecule has 0 spiro atoms. The molecule has 5 heteroatoms. The lowest BCUT2D eigenvalue weighted by atomic mass is 10.0. The first-order chi connectivity index (χ1) is 10.1. The van der Waals surface area contributed by atoms with Crippen LogP contribution >= 0.6 is 0 Å². The maximum atomic E-state index is 11.9. The minimum Gasteiger partial charge on any atom is -0.491 e. The second-order valence-corrected chi connectivity index (χ2v) is 5.49. The van der Waals surface area contributed by atoms with Gasteiger partial charge in [0, 0.05) is 20.8 Å². The third-order valence-corrected chi connectivity index (χ3v) is 3.89. The van der Waals surface area contributed by atoms with E-state index in [2.05, 4.69) is 0 Å². The largest absolute Gasteiger partial charge is 0.491 e. The summed E-state index contributed by atoms with van der Waals surface area (Å²) in [7, 11) is 3.20. The molecule has 0 saturated carbocycles. The Labute approximate surface area is 125 Å². The van der Waals surface area contributed by atoms with Crippen molar-refractivity contribution in [1.82, 2.24) is 4.90 Å². The normalized spacial score (nSPS) is 21.6. The van der Waals surface area contributed by atoms with E-state index in [4.69, 9.17) is 14.2 Å². The molecular formula is C16H23NO4. The molecule has 21 heavy (non-hydrogen) atoms. The van der Waals surface area contributed by atoms with E-state index < -0.39 is 5.60 Å². The molecule has 0 bridgehead atoms. The molecule has 1 aliphatic rings. The summed E-state index contributed by atoms with van der Waals surface area (Å²) in [6.07, 6.45) is 0.769. The van der Waals surface area contributed by atoms with E-state index in [9.17, 15) is 4.79 Å². The van der Waals surface area contributed by atoms with Crippen LogP contribution in [0, 0.1) is 6.92 Å². The molecule has 1 amide bonds. The van der Waals surface area contributed by atoms with Crippen molar-refractivity contribution >= 4 is 5.91 Å². The molecular weight excluding hydrogens is 270 g/mol. The highest BCUT2D eigenvalue weighted by Crippen LogP contribution is 2.26. The summed E-state index contributed by atoms with van der Waals surface area (Å²) in [5.74, 6) is 0.811. The van der Waals surface area contributed by atoms with Crippen LogP contribution in [0.1, 0.15) is 12.0 Å². The lowest BCUT2D eigenvalue weighted by molar-refractivity contribution is -0.135. The number of rotatable bonds is 6. The molecule has 1 heterocycles. The number of hydrogen-bond acceptors (Lipinski definition) is 4. The van der Waals surface area contributed by atoms with Gasteiger partial charge in [0.25, 0.3) is 0 Å². The Hall–Kier alpha value is -1.59. The van der Waals surface area contributed by atoms with Crippen molar-refractivity contribution in [2.45, 2.75) is 18.9 Å². The molecule has 1 atom stereocenters. The molecule has 116 valence electrons. The molecule has 0 radical (unpaired) electrons. The summed E-state index contributed by atoms with van der Waals surface area (Å²) >= 11 is 0. The number of methoxy groups -OCH3 is 2. The highest BCUT2D eigenvalue weighted by atomic mass is 16.5. The van der Waals surface area contributed by atoms with Crippen LogP contribution in [0.4, 0.5) is 0 Å². The Morgan fingerprint density at radius 2 is 2.00 bits per heavy atom. The van der Waals surface area contributed by atoms with Crippen molar-refractivity contribution in [2.24, 2.45) is 0 Å². The van der Waals surface area contributed by atoms with Crippen molar-refractivity contribution in [3.63, 3.8) is 0 Å². The minimum absolute atomic E-state index is 0.00763. The van der Waals surface area contributed by atoms with Crippen LogP contribution < -0.4 is 4.74 Å². The lowest BCUT2D eigenvalue weighted by Crippen LogP contribution is -2.43. The van der Waals surface area contributed by atoms with Crippen molar-refractivity contribution in [3.8, 4) is 5.75 Å². The standard InChI is InChI=1S/C16H23NO4/c1-13-4-6-14(7-5-13)21-12-16(20-3)8-9-17(11-16)15(18)10-19-2/h4-7H,8-12H2,1-3H3/t16-/m1/s1. The predicted octanol–water partition coefficient (Wildman–Crippen LogP) is 1.64. The molecule has 0 N–H and O–H groups in total. The van der Waals surface area contributed by atoms with Gasteiger partial charge in [-0.05, 0) is 25.5 Å². The number of likely N-dealkylation sites (tertiary alicyclic amines) is 1. The molecule has 1 fully saturated rings. The summed E-state index contributed by atoms with van der Waals surface area (Å²) < 4.78 is 16.4. The third kappa shape index (κ3) is 3.95. The fraction of sp³-hybridized carbons (Fsp3) is 0.562. The van der Waals surface area contributed by atoms with Gasteiger partial charge in [0.2, 0.25) is 5.91 Å². The molecule has 5 nitrogen and oxygen atoms in total. The number of amides is 1. The van der Waals surface area contributed by atoms with E-state index in [1.165, 1.54) is 12.7 Å². The van der Waals surface area contributed by atoms with Gasteiger partial charge in [-0.25, -0.2) is 0 Å². The van der Waals surface area contributed by atoms with Gasteiger partial charge in [-0.2, -0.15) is 0 Å². The zero-order chi connectivity index (χ0) is 15.3. The van der Waals surface area contributed by atoms with Crippen LogP contribution in [0.5, 0.6) is 5.75 Å². The predicted molar refractivity (Wildman–Crippen MR) is 79.5 cm³/mol. The van der Waals surface area contributed by atoms with Crippen LogP contribution in [0.2, 0.25) is 0 Å². The zero-order valence-corrected chi connectivity index (χ0v) is 12.9.